The molecule has 7 heteroatoms. The van der Waals surface area contributed by atoms with E-state index < -0.39 is 0 Å². The van der Waals surface area contributed by atoms with Gasteiger partial charge in [0.1, 0.15) is 0 Å². The Hall–Kier alpha value is -1.50. The number of benzene rings is 1. The molecule has 1 aliphatic rings. The third-order valence-electron chi connectivity index (χ3n) is 3.99. The summed E-state index contributed by atoms with van der Waals surface area (Å²) >= 11 is 0. The number of methoxy groups -OCH3 is 3. The van der Waals surface area contributed by atoms with Crippen LogP contribution in [0, 0.1) is 0 Å². The molecule has 1 aliphatic heterocycles. The molecule has 1 unspecified atom stereocenters. The highest BCUT2D eigenvalue weighted by molar-refractivity contribution is 5.94. The minimum atomic E-state index is -0.166. The number of hydrogen-bond acceptors (Lipinski definition) is 5. The maximum absolute atomic E-state index is 12.3. The van der Waals surface area contributed by atoms with Crippen LogP contribution in [0.15, 0.2) is 18.2 Å². The smallest absolute Gasteiger partial charge is 0.251 e. The minimum absolute atomic E-state index is 0. The van der Waals surface area contributed by atoms with Crippen molar-refractivity contribution in [2.75, 3.05) is 41.0 Å². The summed E-state index contributed by atoms with van der Waals surface area (Å²) in [6, 6.07) is 5.13. The van der Waals surface area contributed by atoms with Crippen molar-refractivity contribution >= 4 is 18.3 Å². The molecule has 130 valence electrons. The van der Waals surface area contributed by atoms with Gasteiger partial charge in [0.2, 0.25) is 0 Å². The summed E-state index contributed by atoms with van der Waals surface area (Å²) in [6.07, 6.45) is 2.09. The van der Waals surface area contributed by atoms with Crippen molar-refractivity contribution in [2.45, 2.75) is 18.4 Å². The number of amides is 1. The predicted octanol–water partition coefficient (Wildman–Crippen LogP) is 1.62. The number of rotatable bonds is 7. The quantitative estimate of drug-likeness (QED) is 0.786. The molecule has 1 fully saturated rings. The molecule has 0 saturated carbocycles. The molecule has 1 atom stereocenters. The molecule has 6 nitrogen and oxygen atoms in total. The van der Waals surface area contributed by atoms with Gasteiger partial charge in [0.25, 0.3) is 5.91 Å². The molecule has 0 aliphatic carbocycles. The van der Waals surface area contributed by atoms with E-state index in [4.69, 9.17) is 14.2 Å². The molecular formula is C16H25ClN2O4. The first-order valence-electron chi connectivity index (χ1n) is 7.38. The van der Waals surface area contributed by atoms with Crippen molar-refractivity contribution in [3.63, 3.8) is 0 Å². The summed E-state index contributed by atoms with van der Waals surface area (Å²) in [5, 5.41) is 6.41. The van der Waals surface area contributed by atoms with Crippen LogP contribution in [0.3, 0.4) is 0 Å². The van der Waals surface area contributed by atoms with Gasteiger partial charge in [-0.1, -0.05) is 0 Å². The normalized spacial score (nSPS) is 19.8. The molecule has 0 spiro atoms. The Morgan fingerprint density at radius 3 is 2.57 bits per heavy atom. The first kappa shape index (κ1) is 19.5. The number of carbonyl (C=O) groups excluding carboxylic acids is 1. The number of hydrogen-bond donors (Lipinski definition) is 2. The van der Waals surface area contributed by atoms with Crippen molar-refractivity contribution in [1.29, 1.82) is 0 Å². The Morgan fingerprint density at radius 1 is 1.26 bits per heavy atom. The number of ether oxygens (including phenoxy) is 3. The molecule has 2 N–H and O–H groups in total. The number of nitrogens with one attached hydrogen (secondary N) is 2. The summed E-state index contributed by atoms with van der Waals surface area (Å²) in [4.78, 5) is 12.3. The molecule has 23 heavy (non-hydrogen) atoms. The summed E-state index contributed by atoms with van der Waals surface area (Å²) in [6.45, 7) is 2.07. The molecule has 0 bridgehead atoms. The second-order valence-electron chi connectivity index (χ2n) is 5.50. The van der Waals surface area contributed by atoms with Crippen molar-refractivity contribution in [3.05, 3.63) is 23.8 Å². The lowest BCUT2D eigenvalue weighted by molar-refractivity contribution is 0.0892. The third-order valence-corrected chi connectivity index (χ3v) is 3.99. The molecule has 1 amide bonds. The van der Waals surface area contributed by atoms with Crippen LogP contribution >= 0.6 is 12.4 Å². The predicted molar refractivity (Wildman–Crippen MR) is 91.0 cm³/mol. The highest BCUT2D eigenvalue weighted by Gasteiger charge is 2.33. The van der Waals surface area contributed by atoms with E-state index in [2.05, 4.69) is 10.6 Å². The zero-order chi connectivity index (χ0) is 16.0. The summed E-state index contributed by atoms with van der Waals surface area (Å²) in [5.74, 6) is 1.01. The van der Waals surface area contributed by atoms with Gasteiger partial charge in [-0.25, -0.2) is 0 Å². The molecule has 1 heterocycles. The van der Waals surface area contributed by atoms with Gasteiger partial charge in [-0.15, -0.1) is 12.4 Å². The van der Waals surface area contributed by atoms with Gasteiger partial charge in [-0.2, -0.15) is 0 Å². The Morgan fingerprint density at radius 2 is 2.00 bits per heavy atom. The lowest BCUT2D eigenvalue weighted by Crippen LogP contribution is -2.53. The van der Waals surface area contributed by atoms with Crippen molar-refractivity contribution in [2.24, 2.45) is 0 Å². The van der Waals surface area contributed by atoms with E-state index in [-0.39, 0.29) is 23.9 Å². The van der Waals surface area contributed by atoms with Crippen LogP contribution in [-0.4, -0.2) is 52.5 Å². The fourth-order valence-corrected chi connectivity index (χ4v) is 2.80. The van der Waals surface area contributed by atoms with E-state index in [1.54, 1.807) is 39.5 Å². The topological polar surface area (TPSA) is 68.8 Å². The molecule has 1 saturated heterocycles. The lowest BCUT2D eigenvalue weighted by Gasteiger charge is -2.29. The van der Waals surface area contributed by atoms with E-state index in [0.717, 1.165) is 19.4 Å². The lowest BCUT2D eigenvalue weighted by atomic mass is 9.98. The van der Waals surface area contributed by atoms with Gasteiger partial charge in [0.05, 0.1) is 26.4 Å². The third kappa shape index (κ3) is 4.73. The standard InChI is InChI=1S/C16H24N2O4.ClH/c1-20-11-16(7-4-8-18-16)10-17-15(19)12-5-6-13(21-2)14(9-12)22-3;/h5-6,9,18H,4,7-8,10-11H2,1-3H3,(H,17,19);1H. The van der Waals surface area contributed by atoms with Crippen LogP contribution in [0.2, 0.25) is 0 Å². The molecule has 1 aromatic rings. The molecule has 0 radical (unpaired) electrons. The van der Waals surface area contributed by atoms with Crippen LogP contribution in [0.4, 0.5) is 0 Å². The van der Waals surface area contributed by atoms with Gasteiger partial charge in [-0.3, -0.25) is 4.79 Å². The summed E-state index contributed by atoms with van der Waals surface area (Å²) in [5.41, 5.74) is 0.379. The average molecular weight is 345 g/mol. The Bertz CT molecular complexity index is 519. The fraction of sp³-hybridized carbons (Fsp3) is 0.562. The monoisotopic (exact) mass is 344 g/mol. The highest BCUT2D eigenvalue weighted by Crippen LogP contribution is 2.27. The Kier molecular flexibility index (Phi) is 7.61. The highest BCUT2D eigenvalue weighted by atomic mass is 35.5. The Labute approximate surface area is 143 Å². The summed E-state index contributed by atoms with van der Waals surface area (Å²) < 4.78 is 15.7. The van der Waals surface area contributed by atoms with E-state index in [0.29, 0.717) is 30.2 Å². The zero-order valence-electron chi connectivity index (χ0n) is 13.8. The SMILES string of the molecule is COCC1(CNC(=O)c2ccc(OC)c(OC)c2)CCCN1.Cl. The van der Waals surface area contributed by atoms with Crippen LogP contribution in [0.5, 0.6) is 11.5 Å². The maximum Gasteiger partial charge on any atom is 0.251 e. The average Bonchev–Trinajstić information content (AvgIpc) is 3.01. The first-order valence-corrected chi connectivity index (χ1v) is 7.38. The zero-order valence-corrected chi connectivity index (χ0v) is 14.6. The van der Waals surface area contributed by atoms with E-state index in [9.17, 15) is 4.79 Å². The molecule has 2 rings (SSSR count). The van der Waals surface area contributed by atoms with Crippen molar-refractivity contribution < 1.29 is 19.0 Å². The van der Waals surface area contributed by atoms with Gasteiger partial charge in [0, 0.05) is 19.2 Å². The molecule has 1 aromatic carbocycles. The molecular weight excluding hydrogens is 320 g/mol. The van der Waals surface area contributed by atoms with E-state index >= 15 is 0 Å². The van der Waals surface area contributed by atoms with E-state index in [1.807, 2.05) is 0 Å². The van der Waals surface area contributed by atoms with Crippen LogP contribution in [0.1, 0.15) is 23.2 Å². The van der Waals surface area contributed by atoms with Gasteiger partial charge in [0.15, 0.2) is 11.5 Å². The molecule has 0 aromatic heterocycles. The van der Waals surface area contributed by atoms with Crippen LogP contribution in [-0.2, 0) is 4.74 Å². The number of halogens is 1. The Balaban J connectivity index is 0.00000264. The first-order chi connectivity index (χ1) is 10.6. The second-order valence-corrected chi connectivity index (χ2v) is 5.50. The van der Waals surface area contributed by atoms with Crippen molar-refractivity contribution in [3.8, 4) is 11.5 Å². The van der Waals surface area contributed by atoms with Gasteiger partial charge < -0.3 is 24.8 Å². The van der Waals surface area contributed by atoms with E-state index in [1.165, 1.54) is 0 Å². The van der Waals surface area contributed by atoms with Gasteiger partial charge in [-0.05, 0) is 37.6 Å². The fourth-order valence-electron chi connectivity index (χ4n) is 2.80. The maximum atomic E-state index is 12.3. The number of carbonyl (C=O) groups is 1. The second kappa shape index (κ2) is 8.96. The largest absolute Gasteiger partial charge is 0.493 e. The van der Waals surface area contributed by atoms with Gasteiger partial charge >= 0.3 is 0 Å². The van der Waals surface area contributed by atoms with Crippen LogP contribution < -0.4 is 20.1 Å². The summed E-state index contributed by atoms with van der Waals surface area (Å²) in [7, 11) is 4.80. The van der Waals surface area contributed by atoms with Crippen molar-refractivity contribution in [1.82, 2.24) is 10.6 Å². The van der Waals surface area contributed by atoms with Crippen LogP contribution in [0.25, 0.3) is 0 Å². The minimum Gasteiger partial charge on any atom is -0.493 e.